The highest BCUT2D eigenvalue weighted by Crippen LogP contribution is 2.47. The summed E-state index contributed by atoms with van der Waals surface area (Å²) in [6, 6.07) is 4.73. The minimum absolute atomic E-state index is 0.130. The van der Waals surface area contributed by atoms with E-state index in [4.69, 9.17) is 0 Å². The monoisotopic (exact) mass is 339 g/mol. The van der Waals surface area contributed by atoms with E-state index >= 15 is 0 Å². The Bertz CT molecular complexity index is 470. The molecule has 1 aromatic heterocycles. The van der Waals surface area contributed by atoms with E-state index in [9.17, 15) is 5.26 Å². The van der Waals surface area contributed by atoms with Crippen LogP contribution in [0.25, 0.3) is 0 Å². The topological polar surface area (TPSA) is 23.8 Å². The molecule has 0 aliphatic heterocycles. The van der Waals surface area contributed by atoms with Crippen LogP contribution in [0.3, 0.4) is 0 Å². The molecule has 0 spiro atoms. The van der Waals surface area contributed by atoms with Gasteiger partial charge in [0.1, 0.15) is 0 Å². The molecule has 0 aromatic carbocycles. The number of rotatable bonds is 2. The molecule has 0 unspecified atom stereocenters. The summed E-state index contributed by atoms with van der Waals surface area (Å²) in [7, 11) is 0. The fraction of sp³-hybridized carbons (Fsp3) is 0.688. The second kappa shape index (κ2) is 5.58. The van der Waals surface area contributed by atoms with Crippen molar-refractivity contribution in [2.45, 2.75) is 52.9 Å². The smallest absolute Gasteiger partial charge is 0.0693 e. The molecule has 3 heteroatoms. The summed E-state index contributed by atoms with van der Waals surface area (Å²) in [6.45, 7) is 6.98. The molecule has 1 saturated carbocycles. The van der Waals surface area contributed by atoms with Crippen LogP contribution in [-0.2, 0) is 6.42 Å². The summed E-state index contributed by atoms with van der Waals surface area (Å²) in [6.07, 6.45) is 5.41. The van der Waals surface area contributed by atoms with Gasteiger partial charge in [-0.25, -0.2) is 0 Å². The van der Waals surface area contributed by atoms with Crippen LogP contribution in [0.15, 0.2) is 15.9 Å². The van der Waals surface area contributed by atoms with Gasteiger partial charge in [-0.2, -0.15) is 5.26 Å². The largest absolute Gasteiger partial charge is 0.198 e. The molecule has 1 aromatic rings. The van der Waals surface area contributed by atoms with Gasteiger partial charge in [-0.3, -0.25) is 0 Å². The molecule has 104 valence electrons. The van der Waals surface area contributed by atoms with Gasteiger partial charge in [-0.1, -0.05) is 20.8 Å². The fourth-order valence-electron chi connectivity index (χ4n) is 3.12. The zero-order valence-corrected chi connectivity index (χ0v) is 14.4. The number of nitriles is 1. The summed E-state index contributed by atoms with van der Waals surface area (Å²) in [5, 5.41) is 11.8. The molecule has 0 amide bonds. The van der Waals surface area contributed by atoms with Crippen LogP contribution in [0.1, 0.15) is 51.3 Å². The summed E-state index contributed by atoms with van der Waals surface area (Å²) in [5.74, 6) is 0.765. The Balaban J connectivity index is 2.07. The summed E-state index contributed by atoms with van der Waals surface area (Å²) in [5.41, 5.74) is 0.250. The van der Waals surface area contributed by atoms with Crippen molar-refractivity contribution in [1.82, 2.24) is 0 Å². The van der Waals surface area contributed by atoms with Crippen molar-refractivity contribution < 1.29 is 0 Å². The Morgan fingerprint density at radius 3 is 2.47 bits per heavy atom. The van der Waals surface area contributed by atoms with Crippen LogP contribution in [0, 0.1) is 28.1 Å². The Morgan fingerprint density at radius 1 is 1.42 bits per heavy atom. The number of hydrogen-bond acceptors (Lipinski definition) is 2. The Hall–Kier alpha value is -0.330. The highest BCUT2D eigenvalue weighted by atomic mass is 79.9. The Labute approximate surface area is 129 Å². The van der Waals surface area contributed by atoms with E-state index in [1.54, 1.807) is 11.3 Å². The van der Waals surface area contributed by atoms with Gasteiger partial charge in [-0.05, 0) is 64.4 Å². The first-order valence-electron chi connectivity index (χ1n) is 6.99. The SMILES string of the molecule is CC(C)(C)C1CCC(C#N)(Cc2sccc2Br)CC1. The molecule has 1 heterocycles. The van der Waals surface area contributed by atoms with E-state index in [1.807, 2.05) is 0 Å². The highest BCUT2D eigenvalue weighted by Gasteiger charge is 2.39. The van der Waals surface area contributed by atoms with Gasteiger partial charge in [-0.15, -0.1) is 11.3 Å². The molecule has 0 saturated heterocycles. The van der Waals surface area contributed by atoms with Gasteiger partial charge in [0.05, 0.1) is 11.5 Å². The average Bonchev–Trinajstić information content (AvgIpc) is 2.74. The van der Waals surface area contributed by atoms with Crippen LogP contribution in [0.5, 0.6) is 0 Å². The third-order valence-electron chi connectivity index (χ3n) is 4.59. The third kappa shape index (κ3) is 3.41. The minimum atomic E-state index is -0.130. The molecule has 1 nitrogen and oxygen atoms in total. The quantitative estimate of drug-likeness (QED) is 0.667. The van der Waals surface area contributed by atoms with Crippen LogP contribution in [0.2, 0.25) is 0 Å². The first-order valence-corrected chi connectivity index (χ1v) is 8.67. The Kier molecular flexibility index (Phi) is 4.42. The molecule has 1 aliphatic rings. The molecule has 0 N–H and O–H groups in total. The normalized spacial score (nSPS) is 28.1. The summed E-state index contributed by atoms with van der Waals surface area (Å²) in [4.78, 5) is 1.33. The van der Waals surface area contributed by atoms with Crippen molar-refractivity contribution in [2.24, 2.45) is 16.7 Å². The lowest BCUT2D eigenvalue weighted by molar-refractivity contribution is 0.121. The minimum Gasteiger partial charge on any atom is -0.198 e. The highest BCUT2D eigenvalue weighted by molar-refractivity contribution is 9.10. The molecule has 2 rings (SSSR count). The van der Waals surface area contributed by atoms with Crippen molar-refractivity contribution in [3.05, 3.63) is 20.8 Å². The summed E-state index contributed by atoms with van der Waals surface area (Å²) >= 11 is 5.36. The van der Waals surface area contributed by atoms with Crippen LogP contribution in [0.4, 0.5) is 0 Å². The molecule has 0 radical (unpaired) electrons. The number of nitrogens with zero attached hydrogens (tertiary/aromatic N) is 1. The molecular weight excluding hydrogens is 318 g/mol. The molecule has 0 atom stereocenters. The van der Waals surface area contributed by atoms with E-state index in [2.05, 4.69) is 54.2 Å². The zero-order chi connectivity index (χ0) is 14.1. The maximum Gasteiger partial charge on any atom is 0.0693 e. The summed E-state index contributed by atoms with van der Waals surface area (Å²) < 4.78 is 1.17. The van der Waals surface area contributed by atoms with Gasteiger partial charge >= 0.3 is 0 Å². The maximum absolute atomic E-state index is 9.66. The van der Waals surface area contributed by atoms with Gasteiger partial charge in [0.15, 0.2) is 0 Å². The Morgan fingerprint density at radius 2 is 2.05 bits per heavy atom. The predicted octanol–water partition coefficient (Wildman–Crippen LogP) is 5.80. The van der Waals surface area contributed by atoms with Crippen LogP contribution < -0.4 is 0 Å². The fourth-order valence-corrected chi connectivity index (χ4v) is 4.76. The van der Waals surface area contributed by atoms with E-state index < -0.39 is 0 Å². The third-order valence-corrected chi connectivity index (χ3v) is 6.52. The molecular formula is C16H22BrNS. The standard InChI is InChI=1S/C16H22BrNS/c1-15(2,3)12-4-7-16(11-18,8-5-12)10-14-13(17)6-9-19-14/h6,9,12H,4-5,7-8,10H2,1-3H3. The van der Waals surface area contributed by atoms with Gasteiger partial charge < -0.3 is 0 Å². The van der Waals surface area contributed by atoms with Gasteiger partial charge in [0.2, 0.25) is 0 Å². The van der Waals surface area contributed by atoms with E-state index in [0.717, 1.165) is 25.2 Å². The van der Waals surface area contributed by atoms with Crippen molar-refractivity contribution in [3.63, 3.8) is 0 Å². The molecule has 19 heavy (non-hydrogen) atoms. The number of thiophene rings is 1. The second-order valence-corrected chi connectivity index (χ2v) is 8.76. The van der Waals surface area contributed by atoms with E-state index in [-0.39, 0.29) is 5.41 Å². The molecule has 1 fully saturated rings. The lowest BCUT2D eigenvalue weighted by atomic mass is 9.63. The average molecular weight is 340 g/mol. The maximum atomic E-state index is 9.66. The first-order chi connectivity index (χ1) is 8.86. The molecule has 1 aliphatic carbocycles. The van der Waals surface area contributed by atoms with Gasteiger partial charge in [0.25, 0.3) is 0 Å². The lowest BCUT2D eigenvalue weighted by Gasteiger charge is -2.40. The van der Waals surface area contributed by atoms with Crippen molar-refractivity contribution in [3.8, 4) is 6.07 Å². The zero-order valence-electron chi connectivity index (χ0n) is 12.0. The molecule has 0 bridgehead atoms. The van der Waals surface area contributed by atoms with Crippen molar-refractivity contribution >= 4 is 27.3 Å². The lowest BCUT2D eigenvalue weighted by Crippen LogP contribution is -2.33. The first kappa shape index (κ1) is 15.1. The van der Waals surface area contributed by atoms with E-state index in [1.165, 1.54) is 22.2 Å². The predicted molar refractivity (Wildman–Crippen MR) is 85.2 cm³/mol. The van der Waals surface area contributed by atoms with Crippen LogP contribution >= 0.6 is 27.3 Å². The number of halogens is 1. The van der Waals surface area contributed by atoms with Gasteiger partial charge in [0, 0.05) is 15.8 Å². The van der Waals surface area contributed by atoms with Crippen molar-refractivity contribution in [2.75, 3.05) is 0 Å². The number of hydrogen-bond donors (Lipinski definition) is 0. The second-order valence-electron chi connectivity index (χ2n) is 6.90. The van der Waals surface area contributed by atoms with E-state index in [0.29, 0.717) is 5.41 Å². The van der Waals surface area contributed by atoms with Crippen molar-refractivity contribution in [1.29, 1.82) is 5.26 Å². The van der Waals surface area contributed by atoms with Crippen LogP contribution in [-0.4, -0.2) is 0 Å².